The van der Waals surface area contributed by atoms with Gasteiger partial charge in [0.2, 0.25) is 0 Å². The van der Waals surface area contributed by atoms with Gasteiger partial charge in [-0.3, -0.25) is 4.90 Å². The van der Waals surface area contributed by atoms with E-state index in [1.165, 1.54) is 25.7 Å². The van der Waals surface area contributed by atoms with Crippen LogP contribution in [-0.4, -0.2) is 37.1 Å². The Morgan fingerprint density at radius 3 is 2.43 bits per heavy atom. The molecule has 0 unspecified atom stereocenters. The predicted octanol–water partition coefficient (Wildman–Crippen LogP) is 3.52. The topological polar surface area (TPSA) is 30.3 Å². The Balaban J connectivity index is 1.69. The minimum atomic E-state index is -0.316. The SMILES string of the molecule is N#Cc1ccc(N2CCN(C3CCCC3)CC2)c(F)c1Br. The van der Waals surface area contributed by atoms with Crippen LogP contribution in [0.3, 0.4) is 0 Å². The summed E-state index contributed by atoms with van der Waals surface area (Å²) in [4.78, 5) is 4.65. The van der Waals surface area contributed by atoms with Crippen LogP contribution in [0.15, 0.2) is 16.6 Å². The first-order valence-corrected chi connectivity index (χ1v) is 8.37. The van der Waals surface area contributed by atoms with Crippen LogP contribution in [0.25, 0.3) is 0 Å². The molecule has 0 radical (unpaired) electrons. The molecule has 1 aromatic carbocycles. The van der Waals surface area contributed by atoms with E-state index in [9.17, 15) is 4.39 Å². The van der Waals surface area contributed by atoms with Crippen molar-refractivity contribution in [2.45, 2.75) is 31.7 Å². The molecule has 1 aromatic rings. The minimum Gasteiger partial charge on any atom is -0.367 e. The standard InChI is InChI=1S/C16H19BrFN3/c17-15-12(11-19)5-6-14(16(15)18)21-9-7-20(8-10-21)13-3-1-2-4-13/h5-6,13H,1-4,7-10H2. The lowest BCUT2D eigenvalue weighted by atomic mass is 10.1. The van der Waals surface area contributed by atoms with E-state index >= 15 is 0 Å². The first-order valence-electron chi connectivity index (χ1n) is 7.58. The predicted molar refractivity (Wildman–Crippen MR) is 84.9 cm³/mol. The third kappa shape index (κ3) is 2.93. The molecule has 1 saturated carbocycles. The zero-order chi connectivity index (χ0) is 14.8. The number of nitriles is 1. The van der Waals surface area contributed by atoms with Crippen molar-refractivity contribution in [3.05, 3.63) is 28.0 Å². The second kappa shape index (κ2) is 6.33. The molecule has 1 heterocycles. The highest BCUT2D eigenvalue weighted by atomic mass is 79.9. The summed E-state index contributed by atoms with van der Waals surface area (Å²) in [5, 5.41) is 8.93. The van der Waals surface area contributed by atoms with Crippen molar-refractivity contribution in [1.29, 1.82) is 5.26 Å². The molecule has 0 aromatic heterocycles. The van der Waals surface area contributed by atoms with Gasteiger partial charge in [-0.05, 0) is 40.9 Å². The van der Waals surface area contributed by atoms with Crippen LogP contribution in [0.2, 0.25) is 0 Å². The van der Waals surface area contributed by atoms with E-state index < -0.39 is 0 Å². The molecule has 0 bridgehead atoms. The van der Waals surface area contributed by atoms with Gasteiger partial charge in [0.15, 0.2) is 5.82 Å². The zero-order valence-corrected chi connectivity index (χ0v) is 13.6. The average Bonchev–Trinajstić information content (AvgIpc) is 3.05. The molecule has 0 atom stereocenters. The molecule has 1 aliphatic carbocycles. The van der Waals surface area contributed by atoms with Gasteiger partial charge >= 0.3 is 0 Å². The molecule has 1 saturated heterocycles. The molecule has 2 fully saturated rings. The molecule has 21 heavy (non-hydrogen) atoms. The third-order valence-corrected chi connectivity index (χ3v) is 5.45. The Hall–Kier alpha value is -1.12. The Kier molecular flexibility index (Phi) is 4.46. The highest BCUT2D eigenvalue weighted by Crippen LogP contribution is 2.31. The van der Waals surface area contributed by atoms with Crippen LogP contribution in [0.5, 0.6) is 0 Å². The summed E-state index contributed by atoms with van der Waals surface area (Å²) in [6.45, 7) is 3.71. The molecular weight excluding hydrogens is 333 g/mol. The summed E-state index contributed by atoms with van der Waals surface area (Å²) >= 11 is 3.19. The molecule has 0 spiro atoms. The van der Waals surface area contributed by atoms with E-state index in [1.54, 1.807) is 12.1 Å². The number of nitrogens with zero attached hydrogens (tertiary/aromatic N) is 3. The molecule has 5 heteroatoms. The summed E-state index contributed by atoms with van der Waals surface area (Å²) < 4.78 is 14.7. The number of piperazine rings is 1. The lowest BCUT2D eigenvalue weighted by Gasteiger charge is -2.39. The van der Waals surface area contributed by atoms with Gasteiger partial charge in [0, 0.05) is 32.2 Å². The number of rotatable bonds is 2. The second-order valence-corrected chi connectivity index (χ2v) is 6.63. The summed E-state index contributed by atoms with van der Waals surface area (Å²) in [7, 11) is 0. The number of halogens is 2. The Morgan fingerprint density at radius 2 is 1.81 bits per heavy atom. The highest BCUT2D eigenvalue weighted by Gasteiger charge is 2.27. The van der Waals surface area contributed by atoms with Gasteiger partial charge in [0.1, 0.15) is 6.07 Å². The van der Waals surface area contributed by atoms with E-state index in [0.717, 1.165) is 32.2 Å². The monoisotopic (exact) mass is 351 g/mol. The van der Waals surface area contributed by atoms with Crippen molar-refractivity contribution in [3.8, 4) is 6.07 Å². The van der Waals surface area contributed by atoms with Gasteiger partial charge in [-0.15, -0.1) is 0 Å². The quantitative estimate of drug-likeness (QED) is 0.816. The molecular formula is C16H19BrFN3. The maximum atomic E-state index is 14.4. The lowest BCUT2D eigenvalue weighted by Crippen LogP contribution is -2.50. The Morgan fingerprint density at radius 1 is 1.14 bits per heavy atom. The maximum absolute atomic E-state index is 14.4. The second-order valence-electron chi connectivity index (χ2n) is 5.83. The fourth-order valence-electron chi connectivity index (χ4n) is 3.47. The normalized spacial score (nSPS) is 20.7. The third-order valence-electron chi connectivity index (χ3n) is 4.68. The molecule has 0 N–H and O–H groups in total. The maximum Gasteiger partial charge on any atom is 0.161 e. The number of benzene rings is 1. The van der Waals surface area contributed by atoms with Gasteiger partial charge in [0.05, 0.1) is 15.7 Å². The fourth-order valence-corrected chi connectivity index (χ4v) is 3.89. The van der Waals surface area contributed by atoms with E-state index in [2.05, 4.69) is 25.7 Å². The summed E-state index contributed by atoms with van der Waals surface area (Å²) in [6.07, 6.45) is 5.33. The zero-order valence-electron chi connectivity index (χ0n) is 12.0. The molecule has 3 nitrogen and oxygen atoms in total. The van der Waals surface area contributed by atoms with Crippen LogP contribution in [-0.2, 0) is 0 Å². The number of anilines is 1. The lowest BCUT2D eigenvalue weighted by molar-refractivity contribution is 0.187. The summed E-state index contributed by atoms with van der Waals surface area (Å²) in [5.41, 5.74) is 0.952. The fraction of sp³-hybridized carbons (Fsp3) is 0.562. The molecule has 0 amide bonds. The molecule has 2 aliphatic rings. The average molecular weight is 352 g/mol. The van der Waals surface area contributed by atoms with Gasteiger partial charge in [0.25, 0.3) is 0 Å². The minimum absolute atomic E-state index is 0.278. The van der Waals surface area contributed by atoms with Crippen molar-refractivity contribution in [3.63, 3.8) is 0 Å². The highest BCUT2D eigenvalue weighted by molar-refractivity contribution is 9.10. The summed E-state index contributed by atoms with van der Waals surface area (Å²) in [6, 6.07) is 6.15. The van der Waals surface area contributed by atoms with Gasteiger partial charge in [-0.25, -0.2) is 4.39 Å². The smallest absolute Gasteiger partial charge is 0.161 e. The molecule has 112 valence electrons. The van der Waals surface area contributed by atoms with Crippen molar-refractivity contribution < 1.29 is 4.39 Å². The van der Waals surface area contributed by atoms with Crippen molar-refractivity contribution >= 4 is 21.6 Å². The van der Waals surface area contributed by atoms with E-state index in [0.29, 0.717) is 11.3 Å². The molecule has 1 aliphatic heterocycles. The van der Waals surface area contributed by atoms with Gasteiger partial charge in [-0.1, -0.05) is 12.8 Å². The van der Waals surface area contributed by atoms with Crippen LogP contribution in [0.1, 0.15) is 31.2 Å². The first kappa shape index (κ1) is 14.8. The van der Waals surface area contributed by atoms with Crippen molar-refractivity contribution in [1.82, 2.24) is 4.90 Å². The number of hydrogen-bond acceptors (Lipinski definition) is 3. The van der Waals surface area contributed by atoms with E-state index in [-0.39, 0.29) is 10.3 Å². The Labute approximate surface area is 133 Å². The van der Waals surface area contributed by atoms with Crippen LogP contribution in [0, 0.1) is 17.1 Å². The van der Waals surface area contributed by atoms with Crippen molar-refractivity contribution in [2.24, 2.45) is 0 Å². The molecule has 3 rings (SSSR count). The first-order chi connectivity index (χ1) is 10.2. The van der Waals surface area contributed by atoms with Crippen molar-refractivity contribution in [2.75, 3.05) is 31.1 Å². The van der Waals surface area contributed by atoms with Gasteiger partial charge in [-0.2, -0.15) is 5.26 Å². The Bertz CT molecular complexity index is 555. The van der Waals surface area contributed by atoms with Crippen LogP contribution >= 0.6 is 15.9 Å². The summed E-state index contributed by atoms with van der Waals surface area (Å²) in [5.74, 6) is -0.316. The largest absolute Gasteiger partial charge is 0.367 e. The number of hydrogen-bond donors (Lipinski definition) is 0. The van der Waals surface area contributed by atoms with E-state index in [1.807, 2.05) is 6.07 Å². The van der Waals surface area contributed by atoms with Gasteiger partial charge < -0.3 is 4.90 Å². The van der Waals surface area contributed by atoms with Crippen LogP contribution < -0.4 is 4.90 Å². The van der Waals surface area contributed by atoms with Crippen LogP contribution in [0.4, 0.5) is 10.1 Å². The van der Waals surface area contributed by atoms with E-state index in [4.69, 9.17) is 5.26 Å².